The molecule has 0 radical (unpaired) electrons. The SMILES string of the molecule is Cc1nn(C2CCCCO2)c2ccc(N)cc12. The van der Waals surface area contributed by atoms with Gasteiger partial charge in [0.15, 0.2) is 6.23 Å². The van der Waals surface area contributed by atoms with E-state index in [4.69, 9.17) is 10.5 Å². The number of hydrogen-bond donors (Lipinski definition) is 1. The molecule has 1 atom stereocenters. The molecule has 1 saturated heterocycles. The van der Waals surface area contributed by atoms with Gasteiger partial charge in [0, 0.05) is 17.7 Å². The van der Waals surface area contributed by atoms with Crippen molar-refractivity contribution in [3.63, 3.8) is 0 Å². The van der Waals surface area contributed by atoms with Gasteiger partial charge in [-0.25, -0.2) is 4.68 Å². The van der Waals surface area contributed by atoms with Crippen LogP contribution in [0.25, 0.3) is 10.9 Å². The van der Waals surface area contributed by atoms with Crippen molar-refractivity contribution in [2.24, 2.45) is 0 Å². The number of anilines is 1. The summed E-state index contributed by atoms with van der Waals surface area (Å²) < 4.78 is 7.79. The lowest BCUT2D eigenvalue weighted by Gasteiger charge is -2.23. The van der Waals surface area contributed by atoms with E-state index in [-0.39, 0.29) is 6.23 Å². The zero-order valence-corrected chi connectivity index (χ0v) is 10.0. The third kappa shape index (κ3) is 1.78. The Morgan fingerprint density at radius 1 is 1.41 bits per heavy atom. The summed E-state index contributed by atoms with van der Waals surface area (Å²) >= 11 is 0. The molecule has 1 aliphatic heterocycles. The van der Waals surface area contributed by atoms with Gasteiger partial charge in [-0.15, -0.1) is 0 Å². The van der Waals surface area contributed by atoms with E-state index < -0.39 is 0 Å². The number of aromatic nitrogens is 2. The van der Waals surface area contributed by atoms with E-state index in [1.807, 2.05) is 29.8 Å². The summed E-state index contributed by atoms with van der Waals surface area (Å²) in [6.07, 6.45) is 3.49. The number of aryl methyl sites for hydroxylation is 1. The second-order valence-corrected chi connectivity index (χ2v) is 4.63. The van der Waals surface area contributed by atoms with Crippen molar-refractivity contribution >= 4 is 16.6 Å². The molecule has 90 valence electrons. The van der Waals surface area contributed by atoms with Crippen molar-refractivity contribution in [3.05, 3.63) is 23.9 Å². The van der Waals surface area contributed by atoms with E-state index in [1.54, 1.807) is 0 Å². The summed E-state index contributed by atoms with van der Waals surface area (Å²) in [5, 5.41) is 5.71. The smallest absolute Gasteiger partial charge is 0.150 e. The molecule has 1 unspecified atom stereocenters. The third-order valence-corrected chi connectivity index (χ3v) is 3.34. The van der Waals surface area contributed by atoms with Crippen molar-refractivity contribution in [1.82, 2.24) is 9.78 Å². The molecular weight excluding hydrogens is 214 g/mol. The molecule has 17 heavy (non-hydrogen) atoms. The first kappa shape index (κ1) is 10.6. The first-order chi connectivity index (χ1) is 8.25. The third-order valence-electron chi connectivity index (χ3n) is 3.34. The van der Waals surface area contributed by atoms with Crippen LogP contribution in [-0.2, 0) is 4.74 Å². The predicted molar refractivity (Wildman–Crippen MR) is 67.7 cm³/mol. The van der Waals surface area contributed by atoms with Crippen LogP contribution < -0.4 is 5.73 Å². The molecule has 4 nitrogen and oxygen atoms in total. The van der Waals surface area contributed by atoms with Gasteiger partial charge < -0.3 is 10.5 Å². The van der Waals surface area contributed by atoms with Gasteiger partial charge in [-0.2, -0.15) is 5.10 Å². The zero-order valence-electron chi connectivity index (χ0n) is 10.0. The van der Waals surface area contributed by atoms with Crippen molar-refractivity contribution in [2.75, 3.05) is 12.3 Å². The minimum absolute atomic E-state index is 0.0866. The lowest BCUT2D eigenvalue weighted by Crippen LogP contribution is -2.19. The number of hydrogen-bond acceptors (Lipinski definition) is 3. The fourth-order valence-corrected chi connectivity index (χ4v) is 2.45. The molecule has 1 fully saturated rings. The lowest BCUT2D eigenvalue weighted by atomic mass is 10.1. The normalized spacial score (nSPS) is 20.9. The van der Waals surface area contributed by atoms with E-state index in [0.29, 0.717) is 0 Å². The lowest BCUT2D eigenvalue weighted by molar-refractivity contribution is -0.0368. The molecule has 2 heterocycles. The van der Waals surface area contributed by atoms with Crippen LogP contribution in [0.15, 0.2) is 18.2 Å². The summed E-state index contributed by atoms with van der Waals surface area (Å²) in [6.45, 7) is 2.85. The molecule has 0 saturated carbocycles. The van der Waals surface area contributed by atoms with Crippen LogP contribution in [0.4, 0.5) is 5.69 Å². The average molecular weight is 231 g/mol. The van der Waals surface area contributed by atoms with Gasteiger partial charge in [0.05, 0.1) is 11.2 Å². The standard InChI is InChI=1S/C13H17N3O/c1-9-11-8-10(14)5-6-12(11)16(15-9)13-4-2-3-7-17-13/h5-6,8,13H,2-4,7,14H2,1H3. The summed E-state index contributed by atoms with van der Waals surface area (Å²) in [6, 6.07) is 5.93. The van der Waals surface area contributed by atoms with Gasteiger partial charge in [-0.05, 0) is 44.4 Å². The molecule has 0 aliphatic carbocycles. The van der Waals surface area contributed by atoms with E-state index in [9.17, 15) is 0 Å². The molecule has 1 aliphatic rings. The van der Waals surface area contributed by atoms with E-state index in [0.717, 1.165) is 41.7 Å². The summed E-state index contributed by atoms with van der Waals surface area (Å²) in [7, 11) is 0. The highest BCUT2D eigenvalue weighted by molar-refractivity contribution is 5.84. The Morgan fingerprint density at radius 2 is 2.29 bits per heavy atom. The molecule has 1 aromatic carbocycles. The predicted octanol–water partition coefficient (Wildman–Crippen LogP) is 2.63. The van der Waals surface area contributed by atoms with Gasteiger partial charge in [-0.3, -0.25) is 0 Å². The van der Waals surface area contributed by atoms with Crippen molar-refractivity contribution in [1.29, 1.82) is 0 Å². The number of nitrogens with two attached hydrogens (primary N) is 1. The van der Waals surface area contributed by atoms with Crippen LogP contribution in [0.3, 0.4) is 0 Å². The quantitative estimate of drug-likeness (QED) is 0.767. The number of rotatable bonds is 1. The Kier molecular flexibility index (Phi) is 2.52. The molecule has 2 aromatic rings. The largest absolute Gasteiger partial charge is 0.399 e. The van der Waals surface area contributed by atoms with Crippen LogP contribution in [0.5, 0.6) is 0 Å². The minimum atomic E-state index is 0.0866. The molecule has 0 bridgehead atoms. The van der Waals surface area contributed by atoms with Crippen molar-refractivity contribution < 1.29 is 4.74 Å². The fourth-order valence-electron chi connectivity index (χ4n) is 2.45. The van der Waals surface area contributed by atoms with E-state index in [2.05, 4.69) is 5.10 Å². The van der Waals surface area contributed by atoms with Gasteiger partial charge in [0.1, 0.15) is 0 Å². The Hall–Kier alpha value is -1.55. The van der Waals surface area contributed by atoms with Gasteiger partial charge >= 0.3 is 0 Å². The Labute approximate surface area is 100 Å². The maximum atomic E-state index is 5.81. The van der Waals surface area contributed by atoms with Crippen LogP contribution in [0.2, 0.25) is 0 Å². The Morgan fingerprint density at radius 3 is 3.06 bits per heavy atom. The van der Waals surface area contributed by atoms with E-state index in [1.165, 1.54) is 6.42 Å². The number of ether oxygens (including phenoxy) is 1. The highest BCUT2D eigenvalue weighted by atomic mass is 16.5. The number of nitrogen functional groups attached to an aromatic ring is 1. The van der Waals surface area contributed by atoms with E-state index >= 15 is 0 Å². The summed E-state index contributed by atoms with van der Waals surface area (Å²) in [4.78, 5) is 0. The number of nitrogens with zero attached hydrogens (tertiary/aromatic N) is 2. The first-order valence-electron chi connectivity index (χ1n) is 6.11. The van der Waals surface area contributed by atoms with Crippen molar-refractivity contribution in [2.45, 2.75) is 32.4 Å². The molecule has 0 amide bonds. The molecule has 4 heteroatoms. The molecule has 2 N–H and O–H groups in total. The minimum Gasteiger partial charge on any atom is -0.399 e. The van der Waals surface area contributed by atoms with Crippen LogP contribution in [0.1, 0.15) is 31.2 Å². The topological polar surface area (TPSA) is 53.1 Å². The number of benzene rings is 1. The molecule has 1 aromatic heterocycles. The molecule has 0 spiro atoms. The van der Waals surface area contributed by atoms with Crippen LogP contribution in [-0.4, -0.2) is 16.4 Å². The first-order valence-corrected chi connectivity index (χ1v) is 6.11. The monoisotopic (exact) mass is 231 g/mol. The van der Waals surface area contributed by atoms with Crippen LogP contribution in [0, 0.1) is 6.92 Å². The summed E-state index contributed by atoms with van der Waals surface area (Å²) in [5.74, 6) is 0. The van der Waals surface area contributed by atoms with Gasteiger partial charge in [0.2, 0.25) is 0 Å². The highest BCUT2D eigenvalue weighted by Gasteiger charge is 2.19. The second kappa shape index (κ2) is 4.04. The number of fused-ring (bicyclic) bond motifs is 1. The maximum Gasteiger partial charge on any atom is 0.150 e. The van der Waals surface area contributed by atoms with Gasteiger partial charge in [0.25, 0.3) is 0 Å². The molecular formula is C13H17N3O. The molecule has 3 rings (SSSR count). The maximum absolute atomic E-state index is 5.81. The Bertz CT molecular complexity index is 541. The Balaban J connectivity index is 2.10. The zero-order chi connectivity index (χ0) is 11.8. The summed E-state index contributed by atoms with van der Waals surface area (Å²) in [5.41, 5.74) is 8.72. The fraction of sp³-hybridized carbons (Fsp3) is 0.462. The highest BCUT2D eigenvalue weighted by Crippen LogP contribution is 2.28. The second-order valence-electron chi connectivity index (χ2n) is 4.63. The average Bonchev–Trinajstić information content (AvgIpc) is 2.68. The van der Waals surface area contributed by atoms with Gasteiger partial charge in [-0.1, -0.05) is 0 Å². The van der Waals surface area contributed by atoms with Crippen LogP contribution >= 0.6 is 0 Å². The van der Waals surface area contributed by atoms with Crippen molar-refractivity contribution in [3.8, 4) is 0 Å².